The monoisotopic (exact) mass is 341 g/mol. The molecule has 0 aromatic heterocycles. The van der Waals surface area contributed by atoms with Crippen LogP contribution in [-0.2, 0) is 6.54 Å². The standard InChI is InChI=1S/C14H20BrN3O2/c1-17(12-6-2-4-10(12)8-16)9-11-5-3-7-13(14(11)15)18(19)20/h3,5,7,10,12H,2,4,6,8-9,16H2,1H3. The lowest BCUT2D eigenvalue weighted by Gasteiger charge is -2.29. The van der Waals surface area contributed by atoms with Crippen molar-refractivity contribution in [1.29, 1.82) is 0 Å². The van der Waals surface area contributed by atoms with Crippen molar-refractivity contribution < 1.29 is 4.92 Å². The molecule has 0 bridgehead atoms. The lowest BCUT2D eigenvalue weighted by atomic mass is 10.0. The van der Waals surface area contributed by atoms with Crippen LogP contribution >= 0.6 is 15.9 Å². The molecule has 0 saturated heterocycles. The second-order valence-corrected chi connectivity index (χ2v) is 6.21. The number of benzene rings is 1. The fraction of sp³-hybridized carbons (Fsp3) is 0.571. The van der Waals surface area contributed by atoms with Crippen LogP contribution in [0.2, 0.25) is 0 Å². The molecule has 1 aromatic rings. The zero-order valence-electron chi connectivity index (χ0n) is 11.6. The van der Waals surface area contributed by atoms with Crippen LogP contribution in [0.25, 0.3) is 0 Å². The minimum Gasteiger partial charge on any atom is -0.330 e. The maximum atomic E-state index is 11.0. The molecule has 0 spiro atoms. The van der Waals surface area contributed by atoms with Gasteiger partial charge in [-0.1, -0.05) is 18.6 Å². The molecule has 110 valence electrons. The first-order valence-electron chi connectivity index (χ1n) is 6.86. The van der Waals surface area contributed by atoms with E-state index in [9.17, 15) is 10.1 Å². The summed E-state index contributed by atoms with van der Waals surface area (Å²) in [6.45, 7) is 1.41. The molecular formula is C14H20BrN3O2. The van der Waals surface area contributed by atoms with Crippen LogP contribution in [0.3, 0.4) is 0 Å². The Morgan fingerprint density at radius 2 is 2.25 bits per heavy atom. The first-order chi connectivity index (χ1) is 9.54. The van der Waals surface area contributed by atoms with E-state index in [0.29, 0.717) is 29.5 Å². The van der Waals surface area contributed by atoms with E-state index in [2.05, 4.69) is 27.9 Å². The van der Waals surface area contributed by atoms with Crippen LogP contribution in [0.15, 0.2) is 22.7 Å². The summed E-state index contributed by atoms with van der Waals surface area (Å²) in [4.78, 5) is 12.9. The zero-order valence-corrected chi connectivity index (χ0v) is 13.2. The van der Waals surface area contributed by atoms with Gasteiger partial charge in [-0.25, -0.2) is 0 Å². The number of rotatable bonds is 5. The molecule has 2 atom stereocenters. The topological polar surface area (TPSA) is 72.4 Å². The minimum atomic E-state index is -0.355. The van der Waals surface area contributed by atoms with Crippen LogP contribution in [0, 0.1) is 16.0 Å². The Balaban J connectivity index is 2.13. The number of hydrogen-bond donors (Lipinski definition) is 1. The number of nitrogens with zero attached hydrogens (tertiary/aromatic N) is 2. The molecule has 2 rings (SSSR count). The third-order valence-corrected chi connectivity index (χ3v) is 5.08. The molecule has 1 fully saturated rings. The van der Waals surface area contributed by atoms with Gasteiger partial charge in [0, 0.05) is 18.7 Å². The molecule has 1 aliphatic rings. The third-order valence-electron chi connectivity index (χ3n) is 4.16. The van der Waals surface area contributed by atoms with E-state index in [0.717, 1.165) is 12.0 Å². The zero-order chi connectivity index (χ0) is 14.7. The van der Waals surface area contributed by atoms with Gasteiger partial charge in [0.1, 0.15) is 0 Å². The molecule has 5 nitrogen and oxygen atoms in total. The fourth-order valence-electron chi connectivity index (χ4n) is 3.09. The third kappa shape index (κ3) is 3.19. The van der Waals surface area contributed by atoms with Gasteiger partial charge in [-0.15, -0.1) is 0 Å². The van der Waals surface area contributed by atoms with E-state index < -0.39 is 0 Å². The van der Waals surface area contributed by atoms with Crippen molar-refractivity contribution in [1.82, 2.24) is 4.90 Å². The van der Waals surface area contributed by atoms with Gasteiger partial charge in [-0.3, -0.25) is 15.0 Å². The Morgan fingerprint density at radius 1 is 1.50 bits per heavy atom. The van der Waals surface area contributed by atoms with Crippen LogP contribution < -0.4 is 5.73 Å². The van der Waals surface area contributed by atoms with Crippen molar-refractivity contribution in [2.75, 3.05) is 13.6 Å². The maximum absolute atomic E-state index is 11.0. The molecule has 2 N–H and O–H groups in total. The highest BCUT2D eigenvalue weighted by atomic mass is 79.9. The highest BCUT2D eigenvalue weighted by Gasteiger charge is 2.29. The summed E-state index contributed by atoms with van der Waals surface area (Å²) in [6, 6.07) is 5.67. The Kier molecular flexibility index (Phi) is 5.12. The minimum absolute atomic E-state index is 0.123. The van der Waals surface area contributed by atoms with Gasteiger partial charge in [0.15, 0.2) is 0 Å². The Labute approximate surface area is 127 Å². The second-order valence-electron chi connectivity index (χ2n) is 5.42. The predicted octanol–water partition coefficient (Wildman–Crippen LogP) is 2.92. The molecule has 0 aliphatic heterocycles. The van der Waals surface area contributed by atoms with Crippen molar-refractivity contribution in [2.24, 2.45) is 11.7 Å². The van der Waals surface area contributed by atoms with Crippen molar-refractivity contribution in [3.8, 4) is 0 Å². The van der Waals surface area contributed by atoms with Crippen LogP contribution in [0.4, 0.5) is 5.69 Å². The second kappa shape index (κ2) is 6.65. The van der Waals surface area contributed by atoms with Crippen LogP contribution in [-0.4, -0.2) is 29.5 Å². The summed E-state index contributed by atoms with van der Waals surface area (Å²) in [5.74, 6) is 0.539. The van der Waals surface area contributed by atoms with Gasteiger partial charge in [0.25, 0.3) is 5.69 Å². The predicted molar refractivity (Wildman–Crippen MR) is 82.4 cm³/mol. The van der Waals surface area contributed by atoms with E-state index >= 15 is 0 Å². The lowest BCUT2D eigenvalue weighted by Crippen LogP contribution is -2.37. The molecule has 0 amide bonds. The Bertz CT molecular complexity index is 495. The highest BCUT2D eigenvalue weighted by molar-refractivity contribution is 9.10. The summed E-state index contributed by atoms with van der Waals surface area (Å²) in [5.41, 5.74) is 6.90. The van der Waals surface area contributed by atoms with Gasteiger partial charge in [0.05, 0.1) is 9.40 Å². The summed E-state index contributed by atoms with van der Waals surface area (Å²) in [6.07, 6.45) is 3.56. The average molecular weight is 342 g/mol. The first-order valence-corrected chi connectivity index (χ1v) is 7.66. The van der Waals surface area contributed by atoms with Crippen LogP contribution in [0.5, 0.6) is 0 Å². The largest absolute Gasteiger partial charge is 0.330 e. The maximum Gasteiger partial charge on any atom is 0.283 e. The van der Waals surface area contributed by atoms with E-state index in [-0.39, 0.29) is 10.6 Å². The Hall–Kier alpha value is -0.980. The van der Waals surface area contributed by atoms with E-state index in [1.165, 1.54) is 18.9 Å². The summed E-state index contributed by atoms with van der Waals surface area (Å²) < 4.78 is 0.583. The number of nitro groups is 1. The van der Waals surface area contributed by atoms with E-state index in [4.69, 9.17) is 5.73 Å². The van der Waals surface area contributed by atoms with Gasteiger partial charge in [0.2, 0.25) is 0 Å². The lowest BCUT2D eigenvalue weighted by molar-refractivity contribution is -0.385. The quantitative estimate of drug-likeness (QED) is 0.660. The molecule has 0 radical (unpaired) electrons. The molecule has 1 aromatic carbocycles. The smallest absolute Gasteiger partial charge is 0.283 e. The van der Waals surface area contributed by atoms with Gasteiger partial charge < -0.3 is 5.73 Å². The number of hydrogen-bond acceptors (Lipinski definition) is 4. The van der Waals surface area contributed by atoms with Crippen molar-refractivity contribution in [3.63, 3.8) is 0 Å². The van der Waals surface area contributed by atoms with Crippen molar-refractivity contribution >= 4 is 21.6 Å². The van der Waals surface area contributed by atoms with E-state index in [1.54, 1.807) is 6.07 Å². The molecule has 1 aliphatic carbocycles. The highest BCUT2D eigenvalue weighted by Crippen LogP contribution is 2.32. The van der Waals surface area contributed by atoms with Crippen molar-refractivity contribution in [3.05, 3.63) is 38.3 Å². The summed E-state index contributed by atoms with van der Waals surface area (Å²) in [5, 5.41) is 11.0. The molecular weight excluding hydrogens is 322 g/mol. The SMILES string of the molecule is CN(Cc1cccc([N+](=O)[O-])c1Br)C1CCCC1CN. The molecule has 1 saturated carbocycles. The summed E-state index contributed by atoms with van der Waals surface area (Å²) >= 11 is 3.36. The van der Waals surface area contributed by atoms with Crippen LogP contribution in [0.1, 0.15) is 24.8 Å². The first kappa shape index (κ1) is 15.4. The normalized spacial score (nSPS) is 22.4. The number of halogens is 1. The molecule has 6 heteroatoms. The van der Waals surface area contributed by atoms with Gasteiger partial charge in [-0.2, -0.15) is 0 Å². The van der Waals surface area contributed by atoms with Gasteiger partial charge in [-0.05, 0) is 53.8 Å². The number of nitro benzene ring substituents is 1. The molecule has 2 unspecified atom stereocenters. The van der Waals surface area contributed by atoms with E-state index in [1.807, 2.05) is 6.07 Å². The molecule has 20 heavy (non-hydrogen) atoms. The molecule has 0 heterocycles. The van der Waals surface area contributed by atoms with Gasteiger partial charge >= 0.3 is 0 Å². The average Bonchev–Trinajstić information content (AvgIpc) is 2.89. The van der Waals surface area contributed by atoms with Crippen molar-refractivity contribution in [2.45, 2.75) is 31.8 Å². The fourth-order valence-corrected chi connectivity index (χ4v) is 3.62. The summed E-state index contributed by atoms with van der Waals surface area (Å²) in [7, 11) is 2.07. The number of nitrogens with two attached hydrogens (primary N) is 1. The Morgan fingerprint density at radius 3 is 2.90 bits per heavy atom.